The number of hydrogen-bond donors (Lipinski definition) is 1. The van der Waals surface area contributed by atoms with Crippen LogP contribution in [0.5, 0.6) is 0 Å². The van der Waals surface area contributed by atoms with Crippen molar-refractivity contribution in [1.82, 2.24) is 0 Å². The van der Waals surface area contributed by atoms with Gasteiger partial charge in [0.2, 0.25) is 0 Å². The van der Waals surface area contributed by atoms with E-state index in [0.29, 0.717) is 5.56 Å². The maximum atomic E-state index is 12.9. The standard InChI is InChI=1S/C21H24FNO3/c1-13(2)18-7-5-6-14(3)20(18)23-21(25)15(4)26-19(24)12-16-8-10-17(22)11-9-16/h5-11,13,15H,12H2,1-4H3,(H,23,25)/t15-/m0/s1. The number of halogens is 1. The Bertz CT molecular complexity index is 784. The summed E-state index contributed by atoms with van der Waals surface area (Å²) in [5.41, 5.74) is 3.37. The Kier molecular flexibility index (Phi) is 6.50. The minimum Gasteiger partial charge on any atom is -0.452 e. The Labute approximate surface area is 153 Å². The van der Waals surface area contributed by atoms with E-state index in [1.165, 1.54) is 31.2 Å². The number of benzene rings is 2. The van der Waals surface area contributed by atoms with Crippen LogP contribution in [-0.4, -0.2) is 18.0 Å². The monoisotopic (exact) mass is 357 g/mol. The van der Waals surface area contributed by atoms with Crippen LogP contribution in [-0.2, 0) is 20.7 Å². The maximum Gasteiger partial charge on any atom is 0.311 e. The minimum absolute atomic E-state index is 0.0144. The van der Waals surface area contributed by atoms with Crippen molar-refractivity contribution in [3.8, 4) is 0 Å². The van der Waals surface area contributed by atoms with Crippen LogP contribution in [0.2, 0.25) is 0 Å². The van der Waals surface area contributed by atoms with Crippen LogP contribution >= 0.6 is 0 Å². The number of hydrogen-bond acceptors (Lipinski definition) is 3. The zero-order valence-electron chi connectivity index (χ0n) is 15.5. The van der Waals surface area contributed by atoms with E-state index < -0.39 is 12.1 Å². The molecule has 0 fully saturated rings. The molecule has 0 radical (unpaired) electrons. The molecule has 0 unspecified atom stereocenters. The second-order valence-corrected chi connectivity index (χ2v) is 6.62. The normalized spacial score (nSPS) is 11.9. The molecule has 2 rings (SSSR count). The number of ether oxygens (including phenoxy) is 1. The molecule has 0 saturated heterocycles. The molecule has 0 saturated carbocycles. The van der Waals surface area contributed by atoms with Crippen LogP contribution in [0.25, 0.3) is 0 Å². The van der Waals surface area contributed by atoms with Crippen molar-refractivity contribution in [1.29, 1.82) is 0 Å². The molecule has 0 aliphatic rings. The summed E-state index contributed by atoms with van der Waals surface area (Å²) in [7, 11) is 0. The molecule has 2 aromatic rings. The van der Waals surface area contributed by atoms with E-state index in [2.05, 4.69) is 19.2 Å². The first-order valence-electron chi connectivity index (χ1n) is 8.62. The van der Waals surface area contributed by atoms with Gasteiger partial charge in [-0.3, -0.25) is 9.59 Å². The summed E-state index contributed by atoms with van der Waals surface area (Å²) >= 11 is 0. The Balaban J connectivity index is 1.99. The number of rotatable bonds is 6. The first-order valence-corrected chi connectivity index (χ1v) is 8.62. The first kappa shape index (κ1) is 19.6. The predicted octanol–water partition coefficient (Wildman–Crippen LogP) is 4.37. The molecular formula is C21H24FNO3. The molecule has 2 aromatic carbocycles. The van der Waals surface area contributed by atoms with Crippen molar-refractivity contribution in [3.05, 3.63) is 65.0 Å². The largest absolute Gasteiger partial charge is 0.452 e. The smallest absolute Gasteiger partial charge is 0.311 e. The van der Waals surface area contributed by atoms with Crippen molar-refractivity contribution in [2.24, 2.45) is 0 Å². The Morgan fingerprint density at radius 2 is 1.73 bits per heavy atom. The number of amides is 1. The minimum atomic E-state index is -0.928. The van der Waals surface area contributed by atoms with Crippen molar-refractivity contribution in [2.45, 2.75) is 46.1 Å². The van der Waals surface area contributed by atoms with Gasteiger partial charge in [-0.25, -0.2) is 4.39 Å². The summed E-state index contributed by atoms with van der Waals surface area (Å²) in [6, 6.07) is 11.4. The summed E-state index contributed by atoms with van der Waals surface area (Å²) in [5.74, 6) is -1.03. The highest BCUT2D eigenvalue weighted by Gasteiger charge is 2.20. The average molecular weight is 357 g/mol. The molecule has 1 amide bonds. The van der Waals surface area contributed by atoms with Crippen LogP contribution in [0.15, 0.2) is 42.5 Å². The Morgan fingerprint density at radius 1 is 1.08 bits per heavy atom. The summed E-state index contributed by atoms with van der Waals surface area (Å²) < 4.78 is 18.1. The van der Waals surface area contributed by atoms with E-state index in [1.807, 2.05) is 25.1 Å². The van der Waals surface area contributed by atoms with Crippen LogP contribution in [0.3, 0.4) is 0 Å². The van der Waals surface area contributed by atoms with Gasteiger partial charge in [-0.05, 0) is 48.6 Å². The van der Waals surface area contributed by atoms with Crippen molar-refractivity contribution in [2.75, 3.05) is 5.32 Å². The van der Waals surface area contributed by atoms with Crippen molar-refractivity contribution < 1.29 is 18.7 Å². The lowest BCUT2D eigenvalue weighted by Crippen LogP contribution is -2.31. The quantitative estimate of drug-likeness (QED) is 0.781. The third-order valence-corrected chi connectivity index (χ3v) is 4.11. The van der Waals surface area contributed by atoms with Crippen LogP contribution in [0, 0.1) is 12.7 Å². The fraction of sp³-hybridized carbons (Fsp3) is 0.333. The highest BCUT2D eigenvalue weighted by molar-refractivity contribution is 5.96. The summed E-state index contributed by atoms with van der Waals surface area (Å²) in [6.07, 6.45) is -0.943. The molecule has 0 heterocycles. The zero-order valence-corrected chi connectivity index (χ0v) is 15.5. The number of nitrogens with one attached hydrogen (secondary N) is 1. The van der Waals surface area contributed by atoms with Gasteiger partial charge in [0, 0.05) is 5.69 Å². The lowest BCUT2D eigenvalue weighted by molar-refractivity contribution is -0.152. The fourth-order valence-corrected chi connectivity index (χ4v) is 2.63. The lowest BCUT2D eigenvalue weighted by Gasteiger charge is -2.19. The third kappa shape index (κ3) is 5.15. The summed E-state index contributed by atoms with van der Waals surface area (Å²) in [6.45, 7) is 7.56. The number of carbonyl (C=O) groups is 2. The number of anilines is 1. The van der Waals surface area contributed by atoms with E-state index in [4.69, 9.17) is 4.74 Å². The molecule has 4 nitrogen and oxygen atoms in total. The van der Waals surface area contributed by atoms with Gasteiger partial charge in [0.05, 0.1) is 6.42 Å². The van der Waals surface area contributed by atoms with Gasteiger partial charge in [0.1, 0.15) is 5.82 Å². The molecule has 1 N–H and O–H groups in total. The fourth-order valence-electron chi connectivity index (χ4n) is 2.63. The molecule has 26 heavy (non-hydrogen) atoms. The van der Waals surface area contributed by atoms with E-state index in [1.54, 1.807) is 0 Å². The van der Waals surface area contributed by atoms with E-state index in [9.17, 15) is 14.0 Å². The van der Waals surface area contributed by atoms with Crippen molar-refractivity contribution in [3.63, 3.8) is 0 Å². The number of esters is 1. The third-order valence-electron chi connectivity index (χ3n) is 4.11. The Morgan fingerprint density at radius 3 is 2.35 bits per heavy atom. The molecule has 0 spiro atoms. The number of para-hydroxylation sites is 1. The second-order valence-electron chi connectivity index (χ2n) is 6.62. The van der Waals surface area contributed by atoms with Crippen LogP contribution in [0.1, 0.15) is 43.4 Å². The van der Waals surface area contributed by atoms with Gasteiger partial charge in [0.15, 0.2) is 6.10 Å². The molecule has 0 aliphatic carbocycles. The van der Waals surface area contributed by atoms with E-state index in [-0.39, 0.29) is 24.1 Å². The average Bonchev–Trinajstić information content (AvgIpc) is 2.58. The molecular weight excluding hydrogens is 333 g/mol. The van der Waals surface area contributed by atoms with Gasteiger partial charge in [-0.15, -0.1) is 0 Å². The maximum absolute atomic E-state index is 12.9. The highest BCUT2D eigenvalue weighted by Crippen LogP contribution is 2.27. The molecule has 0 aliphatic heterocycles. The van der Waals surface area contributed by atoms with Crippen LogP contribution in [0.4, 0.5) is 10.1 Å². The van der Waals surface area contributed by atoms with E-state index in [0.717, 1.165) is 16.8 Å². The lowest BCUT2D eigenvalue weighted by atomic mass is 9.98. The van der Waals surface area contributed by atoms with Gasteiger partial charge >= 0.3 is 5.97 Å². The SMILES string of the molecule is Cc1cccc(C(C)C)c1NC(=O)[C@H](C)OC(=O)Cc1ccc(F)cc1. The van der Waals surface area contributed by atoms with Gasteiger partial charge in [0.25, 0.3) is 5.91 Å². The molecule has 138 valence electrons. The second kappa shape index (κ2) is 8.61. The molecule has 5 heteroatoms. The summed E-state index contributed by atoms with van der Waals surface area (Å²) in [4.78, 5) is 24.4. The van der Waals surface area contributed by atoms with E-state index >= 15 is 0 Å². The van der Waals surface area contributed by atoms with Gasteiger partial charge < -0.3 is 10.1 Å². The van der Waals surface area contributed by atoms with Gasteiger partial charge in [-0.1, -0.05) is 44.2 Å². The highest BCUT2D eigenvalue weighted by atomic mass is 19.1. The topological polar surface area (TPSA) is 55.4 Å². The summed E-state index contributed by atoms with van der Waals surface area (Å²) in [5, 5.41) is 2.87. The van der Waals surface area contributed by atoms with Crippen LogP contribution < -0.4 is 5.32 Å². The van der Waals surface area contributed by atoms with Gasteiger partial charge in [-0.2, -0.15) is 0 Å². The molecule has 0 bridgehead atoms. The Hall–Kier alpha value is -2.69. The first-order chi connectivity index (χ1) is 12.3. The predicted molar refractivity (Wildman–Crippen MR) is 99.6 cm³/mol. The number of aryl methyl sites for hydroxylation is 1. The van der Waals surface area contributed by atoms with Crippen molar-refractivity contribution >= 4 is 17.6 Å². The zero-order chi connectivity index (χ0) is 19.3. The molecule has 1 atom stereocenters. The number of carbonyl (C=O) groups excluding carboxylic acids is 2. The molecule has 0 aromatic heterocycles.